The lowest BCUT2D eigenvalue weighted by atomic mass is 10.4. The fourth-order valence-corrected chi connectivity index (χ4v) is 3.18. The average molecular weight is 502 g/mol. The Morgan fingerprint density at radius 3 is 2.70 bits per heavy atom. The fraction of sp³-hybridized carbons (Fsp3) is 0.250. The average Bonchev–Trinajstić information content (AvgIpc) is 3.02. The van der Waals surface area contributed by atoms with Gasteiger partial charge in [-0.3, -0.25) is 4.40 Å². The number of fused-ring (bicyclic) bond motifs is 1. The number of aromatic nitrogens is 5. The van der Waals surface area contributed by atoms with E-state index in [1.807, 2.05) is 22.6 Å². The summed E-state index contributed by atoms with van der Waals surface area (Å²) in [6.45, 7) is -0.163. The molecule has 0 amide bonds. The zero-order chi connectivity index (χ0) is 16.8. The Morgan fingerprint density at radius 1 is 1.35 bits per heavy atom. The summed E-state index contributed by atoms with van der Waals surface area (Å²) in [4.78, 5) is 7.99. The SMILES string of the molecule is COCn1nc(C(F)(F)F)nc1-c1nc2c(Br)cccn2c1I. The standard InChI is InChI=1S/C12H8BrF3IN5O/c1-23-5-22-10(19-11(20-22)12(14,15)16)7-8(17)21-4-2-3-6(13)9(21)18-7/h2-4H,5H2,1H3. The fourth-order valence-electron chi connectivity index (χ4n) is 2.00. The van der Waals surface area contributed by atoms with E-state index in [9.17, 15) is 13.2 Å². The van der Waals surface area contributed by atoms with Crippen LogP contribution >= 0.6 is 38.5 Å². The quantitative estimate of drug-likeness (QED) is 0.515. The molecule has 0 saturated heterocycles. The molecule has 0 aliphatic heterocycles. The maximum Gasteiger partial charge on any atom is 0.453 e. The molecule has 3 heterocycles. The maximum absolute atomic E-state index is 12.9. The van der Waals surface area contributed by atoms with Crippen LogP contribution < -0.4 is 0 Å². The lowest BCUT2D eigenvalue weighted by Crippen LogP contribution is -2.09. The summed E-state index contributed by atoms with van der Waals surface area (Å²) in [7, 11) is 1.37. The van der Waals surface area contributed by atoms with Gasteiger partial charge < -0.3 is 4.74 Å². The normalized spacial score (nSPS) is 12.3. The van der Waals surface area contributed by atoms with Crippen LogP contribution in [0.3, 0.4) is 0 Å². The first kappa shape index (κ1) is 16.6. The van der Waals surface area contributed by atoms with Crippen LogP contribution in [0.2, 0.25) is 0 Å². The predicted octanol–water partition coefficient (Wildman–Crippen LogP) is 3.58. The van der Waals surface area contributed by atoms with Gasteiger partial charge in [0, 0.05) is 13.3 Å². The molecular formula is C12H8BrF3IN5O. The van der Waals surface area contributed by atoms with Crippen molar-refractivity contribution in [3.8, 4) is 11.5 Å². The van der Waals surface area contributed by atoms with Crippen molar-refractivity contribution in [3.63, 3.8) is 0 Å². The first-order chi connectivity index (χ1) is 10.8. The highest BCUT2D eigenvalue weighted by molar-refractivity contribution is 14.1. The highest BCUT2D eigenvalue weighted by atomic mass is 127. The number of rotatable bonds is 3. The summed E-state index contributed by atoms with van der Waals surface area (Å²) in [5.41, 5.74) is 0.880. The minimum Gasteiger partial charge on any atom is -0.362 e. The molecule has 23 heavy (non-hydrogen) atoms. The first-order valence-electron chi connectivity index (χ1n) is 6.16. The Balaban J connectivity index is 2.23. The molecule has 0 saturated carbocycles. The molecule has 0 bridgehead atoms. The summed E-state index contributed by atoms with van der Waals surface area (Å²) in [5, 5.41) is 3.47. The second-order valence-corrected chi connectivity index (χ2v) is 6.35. The molecule has 122 valence electrons. The number of alkyl halides is 3. The largest absolute Gasteiger partial charge is 0.453 e. The second kappa shape index (κ2) is 6.02. The molecule has 0 atom stereocenters. The Labute approximate surface area is 149 Å². The molecule has 0 fully saturated rings. The molecule has 11 heteroatoms. The third-order valence-corrected chi connectivity index (χ3v) is 4.58. The van der Waals surface area contributed by atoms with Gasteiger partial charge in [-0.05, 0) is 50.7 Å². The molecule has 3 aromatic rings. The number of halogens is 5. The van der Waals surface area contributed by atoms with E-state index in [1.54, 1.807) is 22.7 Å². The summed E-state index contributed by atoms with van der Waals surface area (Å²) < 4.78 is 47.7. The summed E-state index contributed by atoms with van der Waals surface area (Å²) >= 11 is 5.37. The Kier molecular flexibility index (Phi) is 4.35. The molecule has 6 nitrogen and oxygen atoms in total. The third kappa shape index (κ3) is 2.96. The molecule has 3 rings (SSSR count). The van der Waals surface area contributed by atoms with Gasteiger partial charge in [-0.1, -0.05) is 0 Å². The number of imidazole rings is 1. The smallest absolute Gasteiger partial charge is 0.362 e. The number of nitrogens with zero attached hydrogens (tertiary/aromatic N) is 5. The Morgan fingerprint density at radius 2 is 2.09 bits per heavy atom. The summed E-state index contributed by atoms with van der Waals surface area (Å²) in [6, 6.07) is 3.59. The minimum atomic E-state index is -4.64. The monoisotopic (exact) mass is 501 g/mol. The summed E-state index contributed by atoms with van der Waals surface area (Å²) in [6.07, 6.45) is -2.88. The number of hydrogen-bond acceptors (Lipinski definition) is 4. The lowest BCUT2D eigenvalue weighted by molar-refractivity contribution is -0.145. The Bertz CT molecular complexity index is 876. The van der Waals surface area contributed by atoms with Crippen LogP contribution in [0.5, 0.6) is 0 Å². The van der Waals surface area contributed by atoms with Crippen LogP contribution in [0.4, 0.5) is 13.2 Å². The van der Waals surface area contributed by atoms with Gasteiger partial charge in [-0.2, -0.15) is 13.2 Å². The number of hydrogen-bond donors (Lipinski definition) is 0. The molecule has 0 spiro atoms. The van der Waals surface area contributed by atoms with Gasteiger partial charge in [-0.25, -0.2) is 14.6 Å². The van der Waals surface area contributed by atoms with E-state index in [0.717, 1.165) is 9.15 Å². The van der Waals surface area contributed by atoms with Crippen molar-refractivity contribution in [1.29, 1.82) is 0 Å². The van der Waals surface area contributed by atoms with E-state index in [0.29, 0.717) is 15.0 Å². The van der Waals surface area contributed by atoms with E-state index in [-0.39, 0.29) is 12.6 Å². The van der Waals surface area contributed by atoms with E-state index in [1.165, 1.54) is 7.11 Å². The lowest BCUT2D eigenvalue weighted by Gasteiger charge is -2.02. The molecule has 0 radical (unpaired) electrons. The summed E-state index contributed by atoms with van der Waals surface area (Å²) in [5.74, 6) is -1.23. The number of ether oxygens (including phenoxy) is 1. The van der Waals surface area contributed by atoms with Crippen LogP contribution in [0.25, 0.3) is 17.2 Å². The molecule has 0 unspecified atom stereocenters. The van der Waals surface area contributed by atoms with Gasteiger partial charge >= 0.3 is 6.18 Å². The molecule has 0 aliphatic rings. The van der Waals surface area contributed by atoms with Crippen LogP contribution in [-0.2, 0) is 17.6 Å². The van der Waals surface area contributed by atoms with Crippen molar-refractivity contribution in [3.05, 3.63) is 32.3 Å². The van der Waals surface area contributed by atoms with Crippen LogP contribution in [0.15, 0.2) is 22.8 Å². The zero-order valence-corrected chi connectivity index (χ0v) is 15.2. The zero-order valence-electron chi connectivity index (χ0n) is 11.5. The van der Waals surface area contributed by atoms with Gasteiger partial charge in [0.05, 0.1) is 4.47 Å². The maximum atomic E-state index is 12.9. The van der Waals surface area contributed by atoms with E-state index >= 15 is 0 Å². The van der Waals surface area contributed by atoms with Crippen molar-refractivity contribution >= 4 is 44.2 Å². The van der Waals surface area contributed by atoms with Gasteiger partial charge in [-0.15, -0.1) is 5.10 Å². The minimum absolute atomic E-state index is 0.000764. The number of methoxy groups -OCH3 is 1. The van der Waals surface area contributed by atoms with Crippen molar-refractivity contribution < 1.29 is 17.9 Å². The predicted molar refractivity (Wildman–Crippen MR) is 86.6 cm³/mol. The van der Waals surface area contributed by atoms with E-state index in [4.69, 9.17) is 4.74 Å². The van der Waals surface area contributed by atoms with Gasteiger partial charge in [0.15, 0.2) is 11.5 Å². The van der Waals surface area contributed by atoms with Crippen molar-refractivity contribution in [1.82, 2.24) is 24.1 Å². The van der Waals surface area contributed by atoms with Crippen LogP contribution in [0.1, 0.15) is 5.82 Å². The first-order valence-corrected chi connectivity index (χ1v) is 8.03. The van der Waals surface area contributed by atoms with Crippen molar-refractivity contribution in [2.24, 2.45) is 0 Å². The number of pyridine rings is 1. The van der Waals surface area contributed by atoms with Crippen molar-refractivity contribution in [2.45, 2.75) is 12.9 Å². The van der Waals surface area contributed by atoms with Gasteiger partial charge in [0.2, 0.25) is 0 Å². The second-order valence-electron chi connectivity index (χ2n) is 4.48. The Hall–Kier alpha value is -1.21. The van der Waals surface area contributed by atoms with Crippen LogP contribution in [-0.4, -0.2) is 31.3 Å². The topological polar surface area (TPSA) is 57.2 Å². The highest BCUT2D eigenvalue weighted by Crippen LogP contribution is 2.31. The van der Waals surface area contributed by atoms with Gasteiger partial charge in [0.25, 0.3) is 5.82 Å². The van der Waals surface area contributed by atoms with Gasteiger partial charge in [0.1, 0.15) is 16.1 Å². The molecule has 3 aromatic heterocycles. The van der Waals surface area contributed by atoms with Crippen LogP contribution in [0, 0.1) is 3.70 Å². The molecule has 0 aromatic carbocycles. The molecule has 0 N–H and O–H groups in total. The van der Waals surface area contributed by atoms with E-state index < -0.39 is 12.0 Å². The van der Waals surface area contributed by atoms with E-state index in [2.05, 4.69) is 31.0 Å². The third-order valence-electron chi connectivity index (χ3n) is 2.93. The molecular weight excluding hydrogens is 494 g/mol. The molecule has 0 aliphatic carbocycles. The van der Waals surface area contributed by atoms with Crippen molar-refractivity contribution in [2.75, 3.05) is 7.11 Å². The highest BCUT2D eigenvalue weighted by Gasteiger charge is 2.38.